The average molecular weight is 322 g/mol. The van der Waals surface area contributed by atoms with Gasteiger partial charge in [0.25, 0.3) is 10.2 Å². The molecule has 1 aromatic rings. The molecule has 0 saturated carbocycles. The maximum Gasteiger partial charge on any atom is 0.276 e. The van der Waals surface area contributed by atoms with Gasteiger partial charge in [0.1, 0.15) is 5.15 Å². The van der Waals surface area contributed by atoms with E-state index in [2.05, 4.69) is 10.00 Å². The molecule has 7 nitrogen and oxygen atoms in total. The van der Waals surface area contributed by atoms with Crippen LogP contribution in [-0.2, 0) is 30.2 Å². The van der Waals surface area contributed by atoms with Crippen LogP contribution in [0, 0.1) is 0 Å². The van der Waals surface area contributed by atoms with Crippen LogP contribution in [0.5, 0.6) is 0 Å². The Morgan fingerprint density at radius 1 is 1.30 bits per heavy atom. The van der Waals surface area contributed by atoms with Crippen molar-refractivity contribution in [2.75, 3.05) is 26.2 Å². The van der Waals surface area contributed by atoms with Gasteiger partial charge in [-0.2, -0.15) is 17.8 Å². The van der Waals surface area contributed by atoms with Gasteiger partial charge in [-0.1, -0.05) is 18.5 Å². The number of rotatable bonds is 4. The first-order valence-corrected chi connectivity index (χ1v) is 8.41. The van der Waals surface area contributed by atoms with Crippen LogP contribution in [0.4, 0.5) is 0 Å². The summed E-state index contributed by atoms with van der Waals surface area (Å²) in [5.74, 6) is 0. The van der Waals surface area contributed by atoms with E-state index in [-0.39, 0.29) is 0 Å². The lowest BCUT2D eigenvalue weighted by Crippen LogP contribution is -2.50. The van der Waals surface area contributed by atoms with E-state index < -0.39 is 10.2 Å². The number of piperazine rings is 1. The lowest BCUT2D eigenvalue weighted by molar-refractivity contribution is 0.181. The molecule has 1 aliphatic heterocycles. The van der Waals surface area contributed by atoms with Crippen LogP contribution in [0.2, 0.25) is 5.15 Å². The van der Waals surface area contributed by atoms with E-state index in [4.69, 9.17) is 16.7 Å². The zero-order valence-electron chi connectivity index (χ0n) is 11.7. The molecular weight excluding hydrogens is 302 g/mol. The van der Waals surface area contributed by atoms with Crippen molar-refractivity contribution in [3.63, 3.8) is 0 Å². The summed E-state index contributed by atoms with van der Waals surface area (Å²) in [6, 6.07) is 0. The molecule has 0 aliphatic carbocycles. The van der Waals surface area contributed by atoms with Crippen molar-refractivity contribution in [3.8, 4) is 0 Å². The summed E-state index contributed by atoms with van der Waals surface area (Å²) in [7, 11) is -1.75. The van der Waals surface area contributed by atoms with E-state index in [9.17, 15) is 8.42 Å². The van der Waals surface area contributed by atoms with Crippen molar-refractivity contribution in [2.24, 2.45) is 12.2 Å². The molecule has 1 saturated heterocycles. The van der Waals surface area contributed by atoms with Gasteiger partial charge in [0.05, 0.1) is 5.69 Å². The first-order chi connectivity index (χ1) is 9.32. The topological polar surface area (TPSA) is 84.5 Å². The summed E-state index contributed by atoms with van der Waals surface area (Å²) in [4.78, 5) is 2.17. The van der Waals surface area contributed by atoms with Crippen molar-refractivity contribution in [2.45, 2.75) is 19.9 Å². The lowest BCUT2D eigenvalue weighted by atomic mass is 10.2. The maximum absolute atomic E-state index is 11.3. The Morgan fingerprint density at radius 3 is 2.40 bits per heavy atom. The highest BCUT2D eigenvalue weighted by atomic mass is 35.5. The summed E-state index contributed by atoms with van der Waals surface area (Å²) >= 11 is 6.26. The highest BCUT2D eigenvalue weighted by molar-refractivity contribution is 7.86. The second-order valence-corrected chi connectivity index (χ2v) is 6.82. The molecule has 0 spiro atoms. The Bertz CT molecular complexity index is 578. The molecule has 1 aromatic heterocycles. The molecule has 2 rings (SSSR count). The Hall–Kier alpha value is -0.670. The van der Waals surface area contributed by atoms with Crippen LogP contribution in [-0.4, -0.2) is 53.6 Å². The summed E-state index contributed by atoms with van der Waals surface area (Å²) in [6.07, 6.45) is 0.826. The maximum atomic E-state index is 11.3. The van der Waals surface area contributed by atoms with Crippen molar-refractivity contribution in [3.05, 3.63) is 16.4 Å². The van der Waals surface area contributed by atoms with Gasteiger partial charge in [-0.25, -0.2) is 5.14 Å². The van der Waals surface area contributed by atoms with Crippen molar-refractivity contribution < 1.29 is 8.42 Å². The SMILES string of the molecule is CCc1nn(C)c(Cl)c1CN1CCN(S(N)(=O)=O)CC1. The van der Waals surface area contributed by atoms with Gasteiger partial charge in [0.2, 0.25) is 0 Å². The first-order valence-electron chi connectivity index (χ1n) is 6.53. The Morgan fingerprint density at radius 2 is 1.90 bits per heavy atom. The zero-order chi connectivity index (χ0) is 14.9. The van der Waals surface area contributed by atoms with Crippen LogP contribution in [0.3, 0.4) is 0 Å². The molecule has 0 aromatic carbocycles. The highest BCUT2D eigenvalue weighted by Gasteiger charge is 2.25. The molecule has 1 aliphatic rings. The molecule has 1 fully saturated rings. The summed E-state index contributed by atoms with van der Waals surface area (Å²) in [5.41, 5.74) is 2.02. The third-order valence-electron chi connectivity index (χ3n) is 3.56. The fraction of sp³-hybridized carbons (Fsp3) is 0.727. The molecule has 20 heavy (non-hydrogen) atoms. The molecular formula is C11H20ClN5O2S. The Labute approximate surface area is 124 Å². The monoisotopic (exact) mass is 321 g/mol. The minimum Gasteiger partial charge on any atom is -0.296 e. The summed E-state index contributed by atoms with van der Waals surface area (Å²) < 4.78 is 25.5. The van der Waals surface area contributed by atoms with Crippen molar-refractivity contribution in [1.29, 1.82) is 0 Å². The second-order valence-electron chi connectivity index (χ2n) is 4.91. The van der Waals surface area contributed by atoms with E-state index in [1.54, 1.807) is 4.68 Å². The molecule has 0 unspecified atom stereocenters. The van der Waals surface area contributed by atoms with Gasteiger partial charge in [0.15, 0.2) is 0 Å². The third kappa shape index (κ3) is 3.32. The predicted octanol–water partition coefficient (Wildman–Crippen LogP) is -0.0430. The number of hydrogen-bond acceptors (Lipinski definition) is 4. The molecule has 9 heteroatoms. The number of halogens is 1. The molecule has 0 atom stereocenters. The number of nitrogens with two attached hydrogens (primary N) is 1. The minimum atomic E-state index is -3.57. The molecule has 0 radical (unpaired) electrons. The van der Waals surface area contributed by atoms with Crippen molar-refractivity contribution >= 4 is 21.8 Å². The predicted molar refractivity (Wildman–Crippen MR) is 77.6 cm³/mol. The van der Waals surface area contributed by atoms with Crippen LogP contribution in [0.1, 0.15) is 18.2 Å². The van der Waals surface area contributed by atoms with E-state index >= 15 is 0 Å². The number of aryl methyl sites for hydroxylation is 2. The Balaban J connectivity index is 2.03. The molecule has 0 bridgehead atoms. The Kier molecular flexibility index (Phi) is 4.70. The lowest BCUT2D eigenvalue weighted by Gasteiger charge is -2.32. The van der Waals surface area contributed by atoms with Gasteiger partial charge in [0, 0.05) is 45.3 Å². The second kappa shape index (κ2) is 5.98. The largest absolute Gasteiger partial charge is 0.296 e. The van der Waals surface area contributed by atoms with Gasteiger partial charge in [-0.05, 0) is 6.42 Å². The van der Waals surface area contributed by atoms with E-state index in [1.165, 1.54) is 4.31 Å². The highest BCUT2D eigenvalue weighted by Crippen LogP contribution is 2.22. The third-order valence-corrected chi connectivity index (χ3v) is 5.12. The average Bonchev–Trinajstić information content (AvgIpc) is 2.66. The fourth-order valence-electron chi connectivity index (χ4n) is 2.41. The van der Waals surface area contributed by atoms with Gasteiger partial charge < -0.3 is 0 Å². The molecule has 2 heterocycles. The number of aromatic nitrogens is 2. The van der Waals surface area contributed by atoms with Crippen LogP contribution in [0.15, 0.2) is 0 Å². The number of nitrogens with zero attached hydrogens (tertiary/aromatic N) is 4. The van der Waals surface area contributed by atoms with Gasteiger partial charge in [-0.15, -0.1) is 0 Å². The zero-order valence-corrected chi connectivity index (χ0v) is 13.3. The van der Waals surface area contributed by atoms with Gasteiger partial charge >= 0.3 is 0 Å². The molecule has 0 amide bonds. The summed E-state index contributed by atoms with van der Waals surface area (Å²) in [6.45, 7) is 4.85. The van der Waals surface area contributed by atoms with Gasteiger partial charge in [-0.3, -0.25) is 9.58 Å². The summed E-state index contributed by atoms with van der Waals surface area (Å²) in [5, 5.41) is 10.2. The normalized spacial score (nSPS) is 18.6. The van der Waals surface area contributed by atoms with Crippen molar-refractivity contribution in [1.82, 2.24) is 19.0 Å². The van der Waals surface area contributed by atoms with E-state index in [1.807, 2.05) is 14.0 Å². The first kappa shape index (κ1) is 15.7. The standard InChI is InChI=1S/C11H20ClN5O2S/c1-3-10-9(11(12)15(2)14-10)8-16-4-6-17(7-5-16)20(13,18)19/h3-8H2,1-2H3,(H2,13,18,19). The fourth-order valence-corrected chi connectivity index (χ4v) is 3.28. The molecule has 2 N–H and O–H groups in total. The minimum absolute atomic E-state index is 0.415. The quantitative estimate of drug-likeness (QED) is 0.843. The van der Waals surface area contributed by atoms with Crippen LogP contribution >= 0.6 is 11.6 Å². The van der Waals surface area contributed by atoms with Crippen LogP contribution < -0.4 is 5.14 Å². The van der Waals surface area contributed by atoms with Crippen LogP contribution in [0.25, 0.3) is 0 Å². The van der Waals surface area contributed by atoms with E-state index in [0.717, 1.165) is 17.7 Å². The smallest absolute Gasteiger partial charge is 0.276 e. The number of hydrogen-bond donors (Lipinski definition) is 1. The van der Waals surface area contributed by atoms with E-state index in [0.29, 0.717) is 37.9 Å². The molecule has 114 valence electrons.